The van der Waals surface area contributed by atoms with Crippen molar-refractivity contribution < 1.29 is 19.2 Å². The molecular formula is C21H29N4O3S+. The molecule has 0 radical (unpaired) electrons. The number of rotatable bonds is 6. The first-order valence-electron chi connectivity index (χ1n) is 10.1. The Morgan fingerprint density at radius 2 is 1.97 bits per heavy atom. The summed E-state index contributed by atoms with van der Waals surface area (Å²) < 4.78 is 5.08. The van der Waals surface area contributed by atoms with Crippen molar-refractivity contribution in [3.8, 4) is 0 Å². The molecule has 3 rings (SSSR count). The Morgan fingerprint density at radius 3 is 2.62 bits per heavy atom. The highest BCUT2D eigenvalue weighted by Crippen LogP contribution is 2.31. The second-order valence-corrected chi connectivity index (χ2v) is 7.91. The van der Waals surface area contributed by atoms with Crippen LogP contribution in [0, 0.1) is 0 Å². The number of quaternary nitrogens is 1. The van der Waals surface area contributed by atoms with Crippen LogP contribution in [0.1, 0.15) is 32.0 Å². The van der Waals surface area contributed by atoms with Crippen LogP contribution in [0.4, 0.5) is 15.6 Å². The van der Waals surface area contributed by atoms with Gasteiger partial charge in [0, 0.05) is 12.3 Å². The van der Waals surface area contributed by atoms with Crippen LogP contribution < -0.4 is 9.80 Å². The highest BCUT2D eigenvalue weighted by Gasteiger charge is 2.26. The number of hydrogen-bond donors (Lipinski definition) is 1. The highest BCUT2D eigenvalue weighted by atomic mass is 32.1. The third-order valence-corrected chi connectivity index (χ3v) is 5.96. The molecule has 8 heteroatoms. The number of benzene rings is 1. The fourth-order valence-corrected chi connectivity index (χ4v) is 4.45. The lowest BCUT2D eigenvalue weighted by atomic mass is 10.1. The van der Waals surface area contributed by atoms with Crippen molar-refractivity contribution in [2.24, 2.45) is 0 Å². The van der Waals surface area contributed by atoms with Crippen molar-refractivity contribution in [1.29, 1.82) is 0 Å². The maximum atomic E-state index is 12.4. The van der Waals surface area contributed by atoms with Gasteiger partial charge in [-0.25, -0.2) is 9.78 Å². The number of carbonyl (C=O) groups is 2. The molecule has 2 aromatic rings. The smallest absolute Gasteiger partial charge is 0.410 e. The summed E-state index contributed by atoms with van der Waals surface area (Å²) >= 11 is 1.50. The number of amides is 2. The maximum Gasteiger partial charge on any atom is 0.410 e. The number of para-hydroxylation sites is 1. The number of aromatic nitrogens is 1. The summed E-state index contributed by atoms with van der Waals surface area (Å²) in [5.74, 6) is -0.0396. The van der Waals surface area contributed by atoms with Crippen molar-refractivity contribution in [2.45, 2.75) is 33.7 Å². The van der Waals surface area contributed by atoms with Gasteiger partial charge in [0.2, 0.25) is 5.91 Å². The summed E-state index contributed by atoms with van der Waals surface area (Å²) in [6.07, 6.45) is 0.627. The molecule has 0 atom stereocenters. The third kappa shape index (κ3) is 5.13. The number of anilines is 2. The third-order valence-electron chi connectivity index (χ3n) is 5.09. The standard InChI is InChI=1S/C21H28N4O3S/c1-4-17-8-6-7-9-19(17)25(16(3)26)20-22-18(15-29-20)14-23-10-12-24(13-11-23)21(27)28-5-2/h6-9,15H,4-5,10-14H2,1-3H3/p+1. The van der Waals surface area contributed by atoms with E-state index in [2.05, 4.69) is 6.92 Å². The number of thiazole rings is 1. The second kappa shape index (κ2) is 9.84. The fraction of sp³-hybridized carbons (Fsp3) is 0.476. The molecular weight excluding hydrogens is 388 g/mol. The zero-order valence-corrected chi connectivity index (χ0v) is 18.1. The molecule has 1 aromatic carbocycles. The van der Waals surface area contributed by atoms with Crippen LogP contribution in [0.2, 0.25) is 0 Å². The summed E-state index contributed by atoms with van der Waals surface area (Å²) in [4.78, 5) is 33.9. The molecule has 1 N–H and O–H groups in total. The number of hydrogen-bond acceptors (Lipinski definition) is 5. The maximum absolute atomic E-state index is 12.4. The predicted molar refractivity (Wildman–Crippen MR) is 114 cm³/mol. The molecule has 2 amide bonds. The summed E-state index contributed by atoms with van der Waals surface area (Å²) in [6, 6.07) is 7.97. The minimum Gasteiger partial charge on any atom is -0.450 e. The van der Waals surface area contributed by atoms with Gasteiger partial charge in [0.25, 0.3) is 0 Å². The molecule has 1 saturated heterocycles. The van der Waals surface area contributed by atoms with E-state index in [0.717, 1.165) is 43.0 Å². The van der Waals surface area contributed by atoms with Crippen LogP contribution in [0.3, 0.4) is 0 Å². The number of carbonyl (C=O) groups excluding carboxylic acids is 2. The van der Waals surface area contributed by atoms with Gasteiger partial charge in [0.1, 0.15) is 12.2 Å². The zero-order valence-electron chi connectivity index (χ0n) is 17.3. The van der Waals surface area contributed by atoms with E-state index >= 15 is 0 Å². The van der Waals surface area contributed by atoms with Gasteiger partial charge in [-0.1, -0.05) is 25.1 Å². The Balaban J connectivity index is 1.67. The van der Waals surface area contributed by atoms with Gasteiger partial charge in [-0.3, -0.25) is 14.6 Å². The molecule has 2 heterocycles. The van der Waals surface area contributed by atoms with Gasteiger partial charge < -0.3 is 9.64 Å². The summed E-state index contributed by atoms with van der Waals surface area (Å²) in [5, 5.41) is 2.74. The number of nitrogens with one attached hydrogen (secondary N) is 1. The molecule has 1 aromatic heterocycles. The lowest BCUT2D eigenvalue weighted by Crippen LogP contribution is -3.13. The first kappa shape index (κ1) is 21.3. The van der Waals surface area contributed by atoms with Crippen molar-refractivity contribution >= 4 is 34.2 Å². The topological polar surface area (TPSA) is 67.2 Å². The Morgan fingerprint density at radius 1 is 1.24 bits per heavy atom. The minimum absolute atomic E-state index is 0.0396. The summed E-state index contributed by atoms with van der Waals surface area (Å²) in [5.41, 5.74) is 3.00. The Kier molecular flexibility index (Phi) is 7.22. The second-order valence-electron chi connectivity index (χ2n) is 7.07. The van der Waals surface area contributed by atoms with Crippen molar-refractivity contribution in [3.63, 3.8) is 0 Å². The molecule has 0 unspecified atom stereocenters. The van der Waals surface area contributed by atoms with Crippen molar-refractivity contribution in [2.75, 3.05) is 37.7 Å². The van der Waals surface area contributed by atoms with Crippen molar-refractivity contribution in [3.05, 3.63) is 40.9 Å². The van der Waals surface area contributed by atoms with Gasteiger partial charge in [-0.2, -0.15) is 0 Å². The van der Waals surface area contributed by atoms with Gasteiger partial charge in [0.05, 0.1) is 38.5 Å². The first-order chi connectivity index (χ1) is 14.0. The van der Waals surface area contributed by atoms with E-state index in [4.69, 9.17) is 9.72 Å². The Hall–Kier alpha value is -2.45. The zero-order chi connectivity index (χ0) is 20.8. The van der Waals surface area contributed by atoms with Gasteiger partial charge >= 0.3 is 6.09 Å². The van der Waals surface area contributed by atoms with E-state index in [0.29, 0.717) is 24.8 Å². The van der Waals surface area contributed by atoms with Crippen LogP contribution in [-0.2, 0) is 22.5 Å². The monoisotopic (exact) mass is 417 g/mol. The van der Waals surface area contributed by atoms with E-state index in [-0.39, 0.29) is 12.0 Å². The molecule has 0 spiro atoms. The van der Waals surface area contributed by atoms with Crippen LogP contribution >= 0.6 is 11.3 Å². The molecule has 0 saturated carbocycles. The minimum atomic E-state index is -0.228. The molecule has 0 aliphatic carbocycles. The molecule has 29 heavy (non-hydrogen) atoms. The van der Waals surface area contributed by atoms with Crippen molar-refractivity contribution in [1.82, 2.24) is 9.88 Å². The lowest BCUT2D eigenvalue weighted by Gasteiger charge is -2.31. The largest absolute Gasteiger partial charge is 0.450 e. The van der Waals surface area contributed by atoms with E-state index < -0.39 is 0 Å². The number of piperazine rings is 1. The predicted octanol–water partition coefficient (Wildman–Crippen LogP) is 2.25. The molecule has 0 bridgehead atoms. The number of aryl methyl sites for hydroxylation is 1. The molecule has 7 nitrogen and oxygen atoms in total. The normalized spacial score (nSPS) is 14.7. The summed E-state index contributed by atoms with van der Waals surface area (Å²) in [7, 11) is 0. The van der Waals surface area contributed by atoms with E-state index in [1.54, 1.807) is 16.7 Å². The lowest BCUT2D eigenvalue weighted by molar-refractivity contribution is -0.917. The van der Waals surface area contributed by atoms with Gasteiger partial charge in [-0.05, 0) is 25.0 Å². The van der Waals surface area contributed by atoms with Gasteiger partial charge in [-0.15, -0.1) is 11.3 Å². The molecule has 1 fully saturated rings. The molecule has 1 aliphatic rings. The van der Waals surface area contributed by atoms with E-state index in [9.17, 15) is 9.59 Å². The molecule has 156 valence electrons. The summed E-state index contributed by atoms with van der Waals surface area (Å²) in [6.45, 7) is 9.78. The highest BCUT2D eigenvalue weighted by molar-refractivity contribution is 7.14. The quantitative estimate of drug-likeness (QED) is 0.783. The Labute approximate surface area is 175 Å². The van der Waals surface area contributed by atoms with E-state index in [1.165, 1.54) is 16.2 Å². The fourth-order valence-electron chi connectivity index (χ4n) is 3.57. The average Bonchev–Trinajstić information content (AvgIpc) is 3.16. The Bertz CT molecular complexity index is 846. The van der Waals surface area contributed by atoms with Gasteiger partial charge in [0.15, 0.2) is 5.13 Å². The average molecular weight is 418 g/mol. The first-order valence-corrected chi connectivity index (χ1v) is 11.0. The van der Waals surface area contributed by atoms with Crippen LogP contribution in [-0.4, -0.2) is 54.7 Å². The number of nitrogens with zero attached hydrogens (tertiary/aromatic N) is 3. The molecule has 1 aliphatic heterocycles. The van der Waals surface area contributed by atoms with Crippen LogP contribution in [0.15, 0.2) is 29.6 Å². The van der Waals surface area contributed by atoms with Crippen LogP contribution in [0.5, 0.6) is 0 Å². The van der Waals surface area contributed by atoms with Crippen LogP contribution in [0.25, 0.3) is 0 Å². The van der Waals surface area contributed by atoms with E-state index in [1.807, 2.05) is 36.6 Å². The number of ether oxygens (including phenoxy) is 1. The SMILES string of the molecule is CCOC(=O)N1CC[NH+](Cc2csc(N(C(C)=O)c3ccccc3CC)n2)CC1.